The van der Waals surface area contributed by atoms with Crippen molar-refractivity contribution in [2.45, 2.75) is 12.1 Å². The SMILES string of the molecule is Clc1ccccc1C1(Cn2cncn2)CO1. The Hall–Kier alpha value is -1.39. The molecule has 1 atom stereocenters. The molecule has 1 unspecified atom stereocenters. The summed E-state index contributed by atoms with van der Waals surface area (Å²) in [7, 11) is 0. The number of benzene rings is 1. The molecule has 1 saturated heterocycles. The fourth-order valence-corrected chi connectivity index (χ4v) is 2.13. The first-order valence-electron chi connectivity index (χ1n) is 5.02. The van der Waals surface area contributed by atoms with E-state index in [4.69, 9.17) is 16.3 Å². The van der Waals surface area contributed by atoms with Crippen molar-refractivity contribution in [3.8, 4) is 0 Å². The highest BCUT2D eigenvalue weighted by Crippen LogP contribution is 2.43. The van der Waals surface area contributed by atoms with E-state index in [2.05, 4.69) is 10.1 Å². The summed E-state index contributed by atoms with van der Waals surface area (Å²) in [6, 6.07) is 7.75. The van der Waals surface area contributed by atoms with Crippen LogP contribution in [0.15, 0.2) is 36.9 Å². The highest BCUT2D eigenvalue weighted by atomic mass is 35.5. The fraction of sp³-hybridized carbons (Fsp3) is 0.273. The zero-order valence-electron chi connectivity index (χ0n) is 8.51. The van der Waals surface area contributed by atoms with E-state index in [1.165, 1.54) is 6.33 Å². The lowest BCUT2D eigenvalue weighted by Gasteiger charge is -2.13. The van der Waals surface area contributed by atoms with E-state index in [-0.39, 0.29) is 5.60 Å². The number of nitrogens with zero attached hydrogens (tertiary/aromatic N) is 3. The van der Waals surface area contributed by atoms with Gasteiger partial charge in [-0.2, -0.15) is 5.10 Å². The molecule has 82 valence electrons. The van der Waals surface area contributed by atoms with Crippen LogP contribution in [0.3, 0.4) is 0 Å². The third-order valence-electron chi connectivity index (χ3n) is 2.74. The lowest BCUT2D eigenvalue weighted by molar-refractivity contribution is 0.269. The Bertz CT molecular complexity index is 494. The number of hydrogen-bond donors (Lipinski definition) is 0. The van der Waals surface area contributed by atoms with Gasteiger partial charge in [0.1, 0.15) is 18.3 Å². The number of rotatable bonds is 3. The van der Waals surface area contributed by atoms with Crippen LogP contribution in [0.2, 0.25) is 5.02 Å². The van der Waals surface area contributed by atoms with E-state index in [0.29, 0.717) is 13.2 Å². The van der Waals surface area contributed by atoms with Crippen LogP contribution < -0.4 is 0 Å². The second kappa shape index (κ2) is 3.57. The summed E-state index contributed by atoms with van der Waals surface area (Å²) < 4.78 is 7.32. The number of epoxide rings is 1. The molecule has 0 spiro atoms. The van der Waals surface area contributed by atoms with Crippen LogP contribution in [0.5, 0.6) is 0 Å². The summed E-state index contributed by atoms with van der Waals surface area (Å²) in [5.41, 5.74) is 0.707. The summed E-state index contributed by atoms with van der Waals surface area (Å²) >= 11 is 6.16. The predicted molar refractivity (Wildman–Crippen MR) is 59.1 cm³/mol. The highest BCUT2D eigenvalue weighted by molar-refractivity contribution is 6.31. The van der Waals surface area contributed by atoms with E-state index in [0.717, 1.165) is 10.6 Å². The molecule has 2 aromatic rings. The van der Waals surface area contributed by atoms with Crippen molar-refractivity contribution in [1.82, 2.24) is 14.8 Å². The van der Waals surface area contributed by atoms with Gasteiger partial charge in [-0.15, -0.1) is 0 Å². The summed E-state index contributed by atoms with van der Waals surface area (Å²) in [6.45, 7) is 1.33. The molecule has 0 N–H and O–H groups in total. The van der Waals surface area contributed by atoms with Gasteiger partial charge in [-0.05, 0) is 6.07 Å². The van der Waals surface area contributed by atoms with Gasteiger partial charge in [0, 0.05) is 10.6 Å². The lowest BCUT2D eigenvalue weighted by Crippen LogP contribution is -2.18. The first-order chi connectivity index (χ1) is 7.80. The van der Waals surface area contributed by atoms with Gasteiger partial charge in [0.15, 0.2) is 0 Å². The van der Waals surface area contributed by atoms with Gasteiger partial charge in [0.05, 0.1) is 13.2 Å². The van der Waals surface area contributed by atoms with E-state index < -0.39 is 0 Å². The lowest BCUT2D eigenvalue weighted by atomic mass is 10.00. The van der Waals surface area contributed by atoms with Crippen LogP contribution in [0, 0.1) is 0 Å². The quantitative estimate of drug-likeness (QED) is 0.763. The molecule has 1 fully saturated rings. The Morgan fingerprint density at radius 3 is 2.88 bits per heavy atom. The normalized spacial score (nSPS) is 23.3. The molecule has 2 heterocycles. The fourth-order valence-electron chi connectivity index (χ4n) is 1.83. The van der Waals surface area contributed by atoms with Gasteiger partial charge in [-0.25, -0.2) is 9.67 Å². The molecule has 0 radical (unpaired) electrons. The summed E-state index contributed by atoms with van der Waals surface area (Å²) in [4.78, 5) is 3.91. The van der Waals surface area contributed by atoms with Crippen molar-refractivity contribution in [2.75, 3.05) is 6.61 Å². The van der Waals surface area contributed by atoms with Crippen LogP contribution in [0.25, 0.3) is 0 Å². The van der Waals surface area contributed by atoms with E-state index in [1.807, 2.05) is 24.3 Å². The maximum Gasteiger partial charge on any atom is 0.137 e. The smallest absolute Gasteiger partial charge is 0.137 e. The third kappa shape index (κ3) is 1.60. The predicted octanol–water partition coefficient (Wildman–Crippen LogP) is 1.86. The number of halogens is 1. The van der Waals surface area contributed by atoms with Crippen molar-refractivity contribution in [1.29, 1.82) is 0 Å². The van der Waals surface area contributed by atoms with E-state index in [9.17, 15) is 0 Å². The van der Waals surface area contributed by atoms with Gasteiger partial charge in [0.2, 0.25) is 0 Å². The molecular formula is C11H10ClN3O. The maximum atomic E-state index is 6.16. The van der Waals surface area contributed by atoms with E-state index in [1.54, 1.807) is 11.0 Å². The van der Waals surface area contributed by atoms with Crippen molar-refractivity contribution in [3.05, 3.63) is 47.5 Å². The Morgan fingerprint density at radius 1 is 1.44 bits per heavy atom. The van der Waals surface area contributed by atoms with Gasteiger partial charge in [0.25, 0.3) is 0 Å². The zero-order valence-corrected chi connectivity index (χ0v) is 9.26. The molecule has 0 amide bonds. The van der Waals surface area contributed by atoms with Gasteiger partial charge >= 0.3 is 0 Å². The van der Waals surface area contributed by atoms with Crippen LogP contribution in [0.4, 0.5) is 0 Å². The molecule has 0 aliphatic carbocycles. The van der Waals surface area contributed by atoms with Crippen LogP contribution in [-0.2, 0) is 16.9 Å². The van der Waals surface area contributed by atoms with Crippen molar-refractivity contribution in [3.63, 3.8) is 0 Å². The average Bonchev–Trinajstić information content (AvgIpc) is 2.87. The van der Waals surface area contributed by atoms with Gasteiger partial charge < -0.3 is 4.74 Å². The number of ether oxygens (including phenoxy) is 1. The molecule has 1 aromatic carbocycles. The summed E-state index contributed by atoms with van der Waals surface area (Å²) in [5, 5.41) is 4.82. The van der Waals surface area contributed by atoms with E-state index >= 15 is 0 Å². The largest absolute Gasteiger partial charge is 0.362 e. The molecule has 3 rings (SSSR count). The standard InChI is InChI=1S/C11H10ClN3O/c12-10-4-2-1-3-9(10)11(6-16-11)5-15-8-13-7-14-15/h1-4,7-8H,5-6H2. The molecule has 1 aromatic heterocycles. The third-order valence-corrected chi connectivity index (χ3v) is 3.07. The Kier molecular flexibility index (Phi) is 2.19. The molecule has 1 aliphatic heterocycles. The number of hydrogen-bond acceptors (Lipinski definition) is 3. The number of aromatic nitrogens is 3. The highest BCUT2D eigenvalue weighted by Gasteiger charge is 2.48. The first kappa shape index (κ1) is 9.81. The molecule has 1 aliphatic rings. The monoisotopic (exact) mass is 235 g/mol. The van der Waals surface area contributed by atoms with Gasteiger partial charge in [-0.1, -0.05) is 29.8 Å². The van der Waals surface area contributed by atoms with Crippen LogP contribution >= 0.6 is 11.6 Å². The second-order valence-electron chi connectivity index (χ2n) is 3.86. The minimum Gasteiger partial charge on any atom is -0.362 e. The molecular weight excluding hydrogens is 226 g/mol. The van der Waals surface area contributed by atoms with Crippen LogP contribution in [-0.4, -0.2) is 21.4 Å². The van der Waals surface area contributed by atoms with Crippen molar-refractivity contribution in [2.24, 2.45) is 0 Å². The first-order valence-corrected chi connectivity index (χ1v) is 5.39. The van der Waals surface area contributed by atoms with Crippen LogP contribution in [0.1, 0.15) is 5.56 Å². The summed E-state index contributed by atoms with van der Waals surface area (Å²) in [5.74, 6) is 0. The zero-order chi connectivity index (χ0) is 11.0. The van der Waals surface area contributed by atoms with Crippen molar-refractivity contribution < 1.29 is 4.74 Å². The molecule has 16 heavy (non-hydrogen) atoms. The Morgan fingerprint density at radius 2 is 2.25 bits per heavy atom. The summed E-state index contributed by atoms with van der Waals surface area (Å²) in [6.07, 6.45) is 3.20. The second-order valence-corrected chi connectivity index (χ2v) is 4.26. The molecule has 4 nitrogen and oxygen atoms in total. The minimum atomic E-state index is -0.313. The Labute approximate surface area is 97.8 Å². The van der Waals surface area contributed by atoms with Crippen molar-refractivity contribution >= 4 is 11.6 Å². The molecule has 0 bridgehead atoms. The molecule has 0 saturated carbocycles. The average molecular weight is 236 g/mol. The minimum absolute atomic E-state index is 0.313. The topological polar surface area (TPSA) is 43.2 Å². The maximum absolute atomic E-state index is 6.16. The Balaban J connectivity index is 1.92. The molecule has 5 heteroatoms. The van der Waals surface area contributed by atoms with Gasteiger partial charge in [-0.3, -0.25) is 0 Å².